The van der Waals surface area contributed by atoms with Crippen molar-refractivity contribution in [2.45, 2.75) is 6.42 Å². The third kappa shape index (κ3) is 5.61. The molecule has 0 radical (unpaired) electrons. The maximum Gasteiger partial charge on any atom is 0.241 e. The van der Waals surface area contributed by atoms with Crippen LogP contribution in [0.25, 0.3) is 0 Å². The lowest BCUT2D eigenvalue weighted by molar-refractivity contribution is -0.121. The fourth-order valence-corrected chi connectivity index (χ4v) is 2.50. The van der Waals surface area contributed by atoms with Gasteiger partial charge in [-0.25, -0.2) is 5.43 Å². The summed E-state index contributed by atoms with van der Waals surface area (Å²) >= 11 is 0. The third-order valence-corrected chi connectivity index (χ3v) is 3.85. The maximum atomic E-state index is 11.9. The molecule has 0 bridgehead atoms. The van der Waals surface area contributed by atoms with Crippen LogP contribution in [0, 0.1) is 0 Å². The summed E-state index contributed by atoms with van der Waals surface area (Å²) in [6.45, 7) is 3.88. The van der Waals surface area contributed by atoms with Gasteiger partial charge < -0.3 is 18.9 Å². The predicted molar refractivity (Wildman–Crippen MR) is 93.7 cm³/mol. The minimum absolute atomic E-state index is 0.129. The van der Waals surface area contributed by atoms with E-state index in [-0.39, 0.29) is 5.91 Å². The van der Waals surface area contributed by atoms with Crippen molar-refractivity contribution in [3.8, 4) is 17.2 Å². The SMILES string of the molecule is COc1cc(/C=N/NC(=O)CCN2CCOCC2)cc(OC)c1OC. The molecule has 0 unspecified atom stereocenters. The molecule has 0 aliphatic carbocycles. The highest BCUT2D eigenvalue weighted by Crippen LogP contribution is 2.37. The number of rotatable bonds is 8. The largest absolute Gasteiger partial charge is 0.493 e. The summed E-state index contributed by atoms with van der Waals surface area (Å²) in [5.74, 6) is 1.44. The number of benzene rings is 1. The fourth-order valence-electron chi connectivity index (χ4n) is 2.50. The van der Waals surface area contributed by atoms with Crippen LogP contribution >= 0.6 is 0 Å². The Kier molecular flexibility index (Phi) is 7.49. The zero-order valence-corrected chi connectivity index (χ0v) is 14.9. The van der Waals surface area contributed by atoms with Crippen LogP contribution in [0.15, 0.2) is 17.2 Å². The number of hydrazone groups is 1. The van der Waals surface area contributed by atoms with Gasteiger partial charge in [0.15, 0.2) is 11.5 Å². The minimum Gasteiger partial charge on any atom is -0.493 e. The van der Waals surface area contributed by atoms with Gasteiger partial charge in [-0.05, 0) is 12.1 Å². The smallest absolute Gasteiger partial charge is 0.241 e. The van der Waals surface area contributed by atoms with Crippen molar-refractivity contribution < 1.29 is 23.7 Å². The number of hydrogen-bond donors (Lipinski definition) is 1. The second-order valence-electron chi connectivity index (χ2n) is 5.46. The van der Waals surface area contributed by atoms with Crippen molar-refractivity contribution >= 4 is 12.1 Å². The summed E-state index contributed by atoms with van der Waals surface area (Å²) in [7, 11) is 4.64. The lowest BCUT2D eigenvalue weighted by atomic mass is 10.2. The van der Waals surface area contributed by atoms with Crippen LogP contribution in [-0.4, -0.2) is 71.2 Å². The molecule has 1 aromatic rings. The van der Waals surface area contributed by atoms with Gasteiger partial charge in [0.25, 0.3) is 0 Å². The molecule has 0 aromatic heterocycles. The Labute approximate surface area is 147 Å². The first kappa shape index (κ1) is 19.0. The second-order valence-corrected chi connectivity index (χ2v) is 5.46. The van der Waals surface area contributed by atoms with Crippen molar-refractivity contribution in [3.63, 3.8) is 0 Å². The number of methoxy groups -OCH3 is 3. The Morgan fingerprint density at radius 2 is 1.84 bits per heavy atom. The summed E-state index contributed by atoms with van der Waals surface area (Å²) in [4.78, 5) is 14.1. The van der Waals surface area contributed by atoms with Gasteiger partial charge in [-0.1, -0.05) is 0 Å². The average molecular weight is 351 g/mol. The Morgan fingerprint density at radius 1 is 1.20 bits per heavy atom. The summed E-state index contributed by atoms with van der Waals surface area (Å²) < 4.78 is 21.1. The molecule has 2 rings (SSSR count). The summed E-state index contributed by atoms with van der Waals surface area (Å²) in [5.41, 5.74) is 3.26. The van der Waals surface area contributed by atoms with E-state index in [9.17, 15) is 4.79 Å². The van der Waals surface area contributed by atoms with E-state index in [1.165, 1.54) is 6.21 Å². The van der Waals surface area contributed by atoms with Crippen molar-refractivity contribution in [2.75, 3.05) is 54.2 Å². The first-order valence-electron chi connectivity index (χ1n) is 8.10. The highest BCUT2D eigenvalue weighted by atomic mass is 16.5. The van der Waals surface area contributed by atoms with E-state index in [2.05, 4.69) is 15.4 Å². The predicted octanol–water partition coefficient (Wildman–Crippen LogP) is 0.885. The van der Waals surface area contributed by atoms with Crippen LogP contribution in [0.4, 0.5) is 0 Å². The standard InChI is InChI=1S/C17H25N3O5/c1-22-14-10-13(11-15(23-2)17(14)24-3)12-18-19-16(21)4-5-20-6-8-25-9-7-20/h10-12H,4-9H2,1-3H3,(H,19,21)/b18-12+. The van der Waals surface area contributed by atoms with E-state index < -0.39 is 0 Å². The molecule has 8 nitrogen and oxygen atoms in total. The lowest BCUT2D eigenvalue weighted by Gasteiger charge is -2.25. The van der Waals surface area contributed by atoms with Crippen LogP contribution in [0.3, 0.4) is 0 Å². The van der Waals surface area contributed by atoms with E-state index in [1.807, 2.05) is 0 Å². The Bertz CT molecular complexity index is 575. The zero-order chi connectivity index (χ0) is 18.1. The normalized spacial score (nSPS) is 15.2. The van der Waals surface area contributed by atoms with Crippen LogP contribution in [0.1, 0.15) is 12.0 Å². The van der Waals surface area contributed by atoms with Crippen LogP contribution in [0.2, 0.25) is 0 Å². The third-order valence-electron chi connectivity index (χ3n) is 3.85. The molecule has 1 fully saturated rings. The van der Waals surface area contributed by atoms with Crippen molar-refractivity contribution in [2.24, 2.45) is 5.10 Å². The maximum absolute atomic E-state index is 11.9. The van der Waals surface area contributed by atoms with Gasteiger partial charge in [0, 0.05) is 31.6 Å². The molecule has 1 heterocycles. The van der Waals surface area contributed by atoms with Crippen molar-refractivity contribution in [1.29, 1.82) is 0 Å². The quantitative estimate of drug-likeness (QED) is 0.553. The first-order chi connectivity index (χ1) is 12.2. The fraction of sp³-hybridized carbons (Fsp3) is 0.529. The average Bonchev–Trinajstić information content (AvgIpc) is 2.66. The molecule has 1 saturated heterocycles. The number of carbonyl (C=O) groups excluding carboxylic acids is 1. The number of nitrogens with one attached hydrogen (secondary N) is 1. The molecule has 1 aromatic carbocycles. The van der Waals surface area contributed by atoms with Gasteiger partial charge in [-0.15, -0.1) is 0 Å². The van der Waals surface area contributed by atoms with Crippen LogP contribution in [0.5, 0.6) is 17.2 Å². The van der Waals surface area contributed by atoms with Gasteiger partial charge in [0.05, 0.1) is 40.8 Å². The molecule has 1 aliphatic heterocycles. The summed E-state index contributed by atoms with van der Waals surface area (Å²) in [5, 5.41) is 3.99. The van der Waals surface area contributed by atoms with E-state index in [0.29, 0.717) is 30.2 Å². The molecule has 0 saturated carbocycles. The van der Waals surface area contributed by atoms with E-state index >= 15 is 0 Å². The van der Waals surface area contributed by atoms with E-state index in [1.54, 1.807) is 33.5 Å². The van der Waals surface area contributed by atoms with Crippen molar-refractivity contribution in [3.05, 3.63) is 17.7 Å². The van der Waals surface area contributed by atoms with E-state index in [4.69, 9.17) is 18.9 Å². The summed E-state index contributed by atoms with van der Waals surface area (Å²) in [6, 6.07) is 3.51. The highest BCUT2D eigenvalue weighted by molar-refractivity contribution is 5.84. The minimum atomic E-state index is -0.129. The number of nitrogens with zero attached hydrogens (tertiary/aromatic N) is 2. The molecule has 0 spiro atoms. The monoisotopic (exact) mass is 351 g/mol. The molecule has 25 heavy (non-hydrogen) atoms. The van der Waals surface area contributed by atoms with Crippen LogP contribution < -0.4 is 19.6 Å². The Morgan fingerprint density at radius 3 is 2.40 bits per heavy atom. The van der Waals surface area contributed by atoms with Gasteiger partial charge in [0.1, 0.15) is 0 Å². The Balaban J connectivity index is 1.89. The summed E-state index contributed by atoms with van der Waals surface area (Å²) in [6.07, 6.45) is 1.93. The molecule has 1 N–H and O–H groups in total. The number of ether oxygens (including phenoxy) is 4. The molecule has 138 valence electrons. The number of carbonyl (C=O) groups is 1. The molecular formula is C17H25N3O5. The van der Waals surface area contributed by atoms with Gasteiger partial charge in [-0.3, -0.25) is 9.69 Å². The Hall–Kier alpha value is -2.32. The molecule has 0 atom stereocenters. The number of amides is 1. The lowest BCUT2D eigenvalue weighted by Crippen LogP contribution is -2.38. The molecule has 8 heteroatoms. The highest BCUT2D eigenvalue weighted by Gasteiger charge is 2.13. The van der Waals surface area contributed by atoms with E-state index in [0.717, 1.165) is 31.9 Å². The molecule has 1 aliphatic rings. The second kappa shape index (κ2) is 9.85. The molecular weight excluding hydrogens is 326 g/mol. The number of hydrogen-bond acceptors (Lipinski definition) is 7. The van der Waals surface area contributed by atoms with Gasteiger partial charge in [-0.2, -0.15) is 5.10 Å². The van der Waals surface area contributed by atoms with Crippen LogP contribution in [-0.2, 0) is 9.53 Å². The van der Waals surface area contributed by atoms with Gasteiger partial charge in [0.2, 0.25) is 11.7 Å². The topological polar surface area (TPSA) is 81.6 Å². The number of morpholine rings is 1. The zero-order valence-electron chi connectivity index (χ0n) is 14.9. The molecule has 1 amide bonds. The van der Waals surface area contributed by atoms with Crippen molar-refractivity contribution in [1.82, 2.24) is 10.3 Å². The van der Waals surface area contributed by atoms with Gasteiger partial charge >= 0.3 is 0 Å². The first-order valence-corrected chi connectivity index (χ1v) is 8.10.